The average molecular weight is 148 g/mol. The quantitative estimate of drug-likeness (QED) is 0.586. The molecular weight excluding hydrogens is 138 g/mol. The fourth-order valence-electron chi connectivity index (χ4n) is 0.852. The Kier molecular flexibility index (Phi) is 2.39. The summed E-state index contributed by atoms with van der Waals surface area (Å²) in [6.45, 7) is 1.58. The van der Waals surface area contributed by atoms with Crippen molar-refractivity contribution in [3.05, 3.63) is 35.9 Å². The van der Waals surface area contributed by atoms with Crippen LogP contribution in [0.2, 0.25) is 0 Å². The van der Waals surface area contributed by atoms with Crippen molar-refractivity contribution < 1.29 is 4.79 Å². The molecule has 1 radical (unpaired) electrons. The molecule has 0 aliphatic heterocycles. The topological polar surface area (TPSA) is 40.9 Å². The Hall–Kier alpha value is -1.15. The minimum absolute atomic E-state index is 0.120. The van der Waals surface area contributed by atoms with Crippen LogP contribution in [0.15, 0.2) is 30.3 Å². The van der Waals surface area contributed by atoms with Crippen LogP contribution in [0.4, 0.5) is 0 Å². The van der Waals surface area contributed by atoms with Crippen molar-refractivity contribution in [2.45, 2.75) is 13.0 Å². The van der Waals surface area contributed by atoms with E-state index in [2.05, 4.69) is 0 Å². The zero-order chi connectivity index (χ0) is 8.27. The van der Waals surface area contributed by atoms with E-state index in [1.807, 2.05) is 6.07 Å². The minimum Gasteiger partial charge on any atom is -0.292 e. The maximum atomic E-state index is 11.2. The molecule has 0 amide bonds. The number of carbonyl (C=O) groups is 1. The molecule has 0 heterocycles. The van der Waals surface area contributed by atoms with E-state index < -0.39 is 6.04 Å². The second-order valence-corrected chi connectivity index (χ2v) is 2.45. The number of carbonyl (C=O) groups excluding carboxylic acids is 1. The van der Waals surface area contributed by atoms with Crippen molar-refractivity contribution in [3.8, 4) is 0 Å². The monoisotopic (exact) mass is 148 g/mol. The average Bonchev–Trinajstić information content (AvgIpc) is 2.05. The van der Waals surface area contributed by atoms with E-state index in [0.29, 0.717) is 5.56 Å². The molecular formula is C9H10NO. The molecule has 1 rings (SSSR count). The number of Topliss-reactive ketones (excluding diaryl/α,β-unsaturated/α-hetero) is 1. The largest absolute Gasteiger partial charge is 0.292 e. The molecule has 0 aliphatic carbocycles. The fraction of sp³-hybridized carbons (Fsp3) is 0.222. The maximum absolute atomic E-state index is 11.2. The van der Waals surface area contributed by atoms with Crippen LogP contribution in [-0.2, 0) is 0 Å². The molecule has 0 bridgehead atoms. The molecule has 1 aromatic rings. The number of rotatable bonds is 2. The number of hydrogen-bond donors (Lipinski definition) is 0. The Balaban J connectivity index is 2.86. The van der Waals surface area contributed by atoms with Crippen LogP contribution in [0.5, 0.6) is 0 Å². The highest BCUT2D eigenvalue weighted by atomic mass is 16.1. The molecule has 57 valence electrons. The first-order valence-electron chi connectivity index (χ1n) is 3.52. The lowest BCUT2D eigenvalue weighted by Gasteiger charge is -2.01. The molecule has 0 aromatic heterocycles. The summed E-state index contributed by atoms with van der Waals surface area (Å²) in [7, 11) is 0. The Morgan fingerprint density at radius 2 is 1.91 bits per heavy atom. The number of nitrogens with one attached hydrogen (secondary N) is 1. The van der Waals surface area contributed by atoms with E-state index in [9.17, 15) is 4.79 Å². The van der Waals surface area contributed by atoms with E-state index in [0.717, 1.165) is 0 Å². The SMILES string of the molecule is CC([NH])C(=O)c1ccccc1. The van der Waals surface area contributed by atoms with Gasteiger partial charge in [0.2, 0.25) is 0 Å². The van der Waals surface area contributed by atoms with Crippen molar-refractivity contribution in [1.29, 1.82) is 0 Å². The van der Waals surface area contributed by atoms with E-state index in [1.54, 1.807) is 31.2 Å². The molecule has 1 N–H and O–H groups in total. The van der Waals surface area contributed by atoms with Crippen LogP contribution in [0.25, 0.3) is 0 Å². The van der Waals surface area contributed by atoms with Gasteiger partial charge in [-0.1, -0.05) is 30.3 Å². The number of benzene rings is 1. The lowest BCUT2D eigenvalue weighted by Crippen LogP contribution is -2.17. The van der Waals surface area contributed by atoms with Crippen LogP contribution in [-0.4, -0.2) is 11.8 Å². The van der Waals surface area contributed by atoms with Gasteiger partial charge in [-0.05, 0) is 6.92 Å². The van der Waals surface area contributed by atoms with Crippen molar-refractivity contribution in [2.24, 2.45) is 0 Å². The Morgan fingerprint density at radius 3 is 2.36 bits per heavy atom. The van der Waals surface area contributed by atoms with Gasteiger partial charge in [0.15, 0.2) is 5.78 Å². The molecule has 0 saturated carbocycles. The second-order valence-electron chi connectivity index (χ2n) is 2.45. The van der Waals surface area contributed by atoms with Gasteiger partial charge in [0.25, 0.3) is 0 Å². The van der Waals surface area contributed by atoms with Gasteiger partial charge in [-0.2, -0.15) is 0 Å². The van der Waals surface area contributed by atoms with Crippen molar-refractivity contribution in [2.75, 3.05) is 0 Å². The first-order chi connectivity index (χ1) is 5.22. The molecule has 0 aliphatic rings. The molecule has 0 spiro atoms. The first-order valence-corrected chi connectivity index (χ1v) is 3.52. The van der Waals surface area contributed by atoms with Crippen molar-refractivity contribution in [3.63, 3.8) is 0 Å². The van der Waals surface area contributed by atoms with Gasteiger partial charge in [0, 0.05) is 5.56 Å². The van der Waals surface area contributed by atoms with Gasteiger partial charge in [0.05, 0.1) is 6.04 Å². The highest BCUT2D eigenvalue weighted by Crippen LogP contribution is 2.01. The summed E-state index contributed by atoms with van der Waals surface area (Å²) >= 11 is 0. The third-order valence-electron chi connectivity index (χ3n) is 1.45. The lowest BCUT2D eigenvalue weighted by atomic mass is 10.1. The maximum Gasteiger partial charge on any atom is 0.180 e. The summed E-state index contributed by atoms with van der Waals surface area (Å²) in [5.41, 5.74) is 7.79. The van der Waals surface area contributed by atoms with Crippen molar-refractivity contribution in [1.82, 2.24) is 5.73 Å². The van der Waals surface area contributed by atoms with Gasteiger partial charge in [-0.15, -0.1) is 0 Å². The van der Waals surface area contributed by atoms with E-state index >= 15 is 0 Å². The van der Waals surface area contributed by atoms with E-state index in [1.165, 1.54) is 0 Å². The summed E-state index contributed by atoms with van der Waals surface area (Å²) in [5.74, 6) is -0.120. The van der Waals surface area contributed by atoms with Gasteiger partial charge >= 0.3 is 0 Å². The predicted octanol–water partition coefficient (Wildman–Crippen LogP) is 1.54. The molecule has 1 aromatic carbocycles. The Bertz CT molecular complexity index is 241. The summed E-state index contributed by atoms with van der Waals surface area (Å²) in [5, 5.41) is 0. The normalized spacial score (nSPS) is 12.5. The van der Waals surface area contributed by atoms with Crippen LogP contribution in [0, 0.1) is 0 Å². The van der Waals surface area contributed by atoms with Crippen LogP contribution in [0.3, 0.4) is 0 Å². The van der Waals surface area contributed by atoms with E-state index in [-0.39, 0.29) is 5.78 Å². The third kappa shape index (κ3) is 1.88. The highest BCUT2D eigenvalue weighted by Gasteiger charge is 2.09. The summed E-state index contributed by atoms with van der Waals surface area (Å²) in [6, 6.07) is 8.26. The minimum atomic E-state index is -0.655. The molecule has 1 unspecified atom stereocenters. The summed E-state index contributed by atoms with van der Waals surface area (Å²) in [4.78, 5) is 11.2. The van der Waals surface area contributed by atoms with Gasteiger partial charge in [0.1, 0.15) is 0 Å². The molecule has 1 atom stereocenters. The van der Waals surface area contributed by atoms with Crippen LogP contribution >= 0.6 is 0 Å². The molecule has 2 nitrogen and oxygen atoms in total. The standard InChI is InChI=1S/C9H10NO/c1-7(10)9(11)8-5-3-2-4-6-8/h2-7,10H,1H3. The number of hydrogen-bond acceptors (Lipinski definition) is 1. The summed E-state index contributed by atoms with van der Waals surface area (Å²) in [6.07, 6.45) is 0. The zero-order valence-electron chi connectivity index (χ0n) is 6.37. The first kappa shape index (κ1) is 7.95. The summed E-state index contributed by atoms with van der Waals surface area (Å²) < 4.78 is 0. The van der Waals surface area contributed by atoms with Crippen LogP contribution < -0.4 is 5.73 Å². The van der Waals surface area contributed by atoms with Crippen LogP contribution in [0.1, 0.15) is 17.3 Å². The second kappa shape index (κ2) is 3.30. The predicted molar refractivity (Wildman–Crippen MR) is 43.3 cm³/mol. The van der Waals surface area contributed by atoms with Gasteiger partial charge in [-0.3, -0.25) is 4.79 Å². The molecule has 0 saturated heterocycles. The number of ketones is 1. The molecule has 0 fully saturated rings. The van der Waals surface area contributed by atoms with E-state index in [4.69, 9.17) is 5.73 Å². The zero-order valence-corrected chi connectivity index (χ0v) is 6.37. The Morgan fingerprint density at radius 1 is 1.36 bits per heavy atom. The Labute approximate surface area is 66.0 Å². The van der Waals surface area contributed by atoms with Crippen molar-refractivity contribution >= 4 is 5.78 Å². The van der Waals surface area contributed by atoms with Gasteiger partial charge in [-0.25, -0.2) is 5.73 Å². The lowest BCUT2D eigenvalue weighted by molar-refractivity contribution is 0.0965. The smallest absolute Gasteiger partial charge is 0.180 e. The fourth-order valence-corrected chi connectivity index (χ4v) is 0.852. The third-order valence-corrected chi connectivity index (χ3v) is 1.45. The molecule has 11 heavy (non-hydrogen) atoms. The molecule has 2 heteroatoms. The highest BCUT2D eigenvalue weighted by molar-refractivity contribution is 5.99. The van der Waals surface area contributed by atoms with Gasteiger partial charge < -0.3 is 0 Å².